The van der Waals surface area contributed by atoms with Crippen LogP contribution in [0.15, 0.2) is 17.6 Å². The van der Waals surface area contributed by atoms with Crippen molar-refractivity contribution in [2.45, 2.75) is 26.2 Å². The van der Waals surface area contributed by atoms with E-state index in [9.17, 15) is 0 Å². The van der Waals surface area contributed by atoms with E-state index in [1.807, 2.05) is 11.4 Å². The fourth-order valence-electron chi connectivity index (χ4n) is 1.39. The number of nitriles is 1. The highest BCUT2D eigenvalue weighted by atomic mass is 35.5. The van der Waals surface area contributed by atoms with E-state index < -0.39 is 0 Å². The van der Waals surface area contributed by atoms with Crippen LogP contribution in [0.2, 0.25) is 5.02 Å². The van der Waals surface area contributed by atoms with Gasteiger partial charge in [0.05, 0.1) is 11.3 Å². The lowest BCUT2D eigenvalue weighted by atomic mass is 9.93. The van der Waals surface area contributed by atoms with Crippen LogP contribution in [0.5, 0.6) is 0 Å². The molecule has 0 spiro atoms. The number of pyridine rings is 1. The van der Waals surface area contributed by atoms with Crippen molar-refractivity contribution in [2.24, 2.45) is 0 Å². The molecule has 0 amide bonds. The molecule has 19 heavy (non-hydrogen) atoms. The Hall–Kier alpha value is -1.64. The number of rotatable bonds is 2. The quantitative estimate of drug-likeness (QED) is 0.905. The summed E-state index contributed by atoms with van der Waals surface area (Å²) in [6.07, 6.45) is 1.55. The predicted octanol–water partition coefficient (Wildman–Crippen LogP) is 4.10. The molecule has 0 aliphatic rings. The summed E-state index contributed by atoms with van der Waals surface area (Å²) in [5.74, 6) is 0.454. The van der Waals surface area contributed by atoms with Crippen LogP contribution in [-0.2, 0) is 5.41 Å². The fraction of sp³-hybridized carbons (Fsp3) is 0.308. The Morgan fingerprint density at radius 3 is 2.74 bits per heavy atom. The van der Waals surface area contributed by atoms with Crippen molar-refractivity contribution in [3.8, 4) is 6.07 Å². The van der Waals surface area contributed by atoms with Crippen molar-refractivity contribution in [1.29, 1.82) is 5.26 Å². The minimum atomic E-state index is 0.00214. The van der Waals surface area contributed by atoms with Crippen LogP contribution in [0, 0.1) is 11.3 Å². The molecule has 2 rings (SSSR count). The average molecular weight is 293 g/mol. The van der Waals surface area contributed by atoms with Gasteiger partial charge in [0.15, 0.2) is 10.9 Å². The summed E-state index contributed by atoms with van der Waals surface area (Å²) in [5, 5.41) is 15.0. The van der Waals surface area contributed by atoms with Gasteiger partial charge in [0.2, 0.25) is 0 Å². The van der Waals surface area contributed by atoms with Gasteiger partial charge in [-0.15, -0.1) is 11.3 Å². The minimum Gasteiger partial charge on any atom is -0.315 e. The molecule has 98 valence electrons. The average Bonchev–Trinajstić information content (AvgIpc) is 2.80. The molecular weight excluding hydrogens is 280 g/mol. The van der Waals surface area contributed by atoms with E-state index in [0.29, 0.717) is 16.4 Å². The first-order valence-corrected chi connectivity index (χ1v) is 6.95. The maximum atomic E-state index is 8.92. The zero-order chi connectivity index (χ0) is 14.0. The third-order valence-corrected chi connectivity index (χ3v) is 3.65. The van der Waals surface area contributed by atoms with Crippen LogP contribution in [-0.4, -0.2) is 9.97 Å². The minimum absolute atomic E-state index is 0.00214. The maximum Gasteiger partial charge on any atom is 0.188 e. The lowest BCUT2D eigenvalue weighted by molar-refractivity contribution is 0.573. The summed E-state index contributed by atoms with van der Waals surface area (Å²) in [6.45, 7) is 6.31. The van der Waals surface area contributed by atoms with Crippen molar-refractivity contribution in [3.05, 3.63) is 33.9 Å². The summed E-state index contributed by atoms with van der Waals surface area (Å²) >= 11 is 7.57. The summed E-state index contributed by atoms with van der Waals surface area (Å²) in [4.78, 5) is 8.63. The number of thiazole rings is 1. The SMILES string of the molecule is CC(C)(C)c1csc(Nc2nccc(C#N)c2Cl)n1. The Morgan fingerprint density at radius 2 is 2.16 bits per heavy atom. The molecule has 0 aliphatic heterocycles. The molecule has 0 atom stereocenters. The van der Waals surface area contributed by atoms with E-state index in [0.717, 1.165) is 10.8 Å². The standard InChI is InChI=1S/C13H13ClN4S/c1-13(2,3)9-7-19-12(17-9)18-11-10(14)8(6-15)4-5-16-11/h4-5,7H,1-3H3,(H,16,17,18). The van der Waals surface area contributed by atoms with Gasteiger partial charge >= 0.3 is 0 Å². The first-order chi connectivity index (χ1) is 8.91. The van der Waals surface area contributed by atoms with Gasteiger partial charge in [0.25, 0.3) is 0 Å². The normalized spacial score (nSPS) is 11.1. The summed E-state index contributed by atoms with van der Waals surface area (Å²) in [7, 11) is 0. The first-order valence-electron chi connectivity index (χ1n) is 5.69. The first kappa shape index (κ1) is 13.8. The van der Waals surface area contributed by atoms with Crippen LogP contribution >= 0.6 is 22.9 Å². The van der Waals surface area contributed by atoms with Gasteiger partial charge in [0, 0.05) is 17.0 Å². The zero-order valence-electron chi connectivity index (χ0n) is 10.9. The third kappa shape index (κ3) is 3.03. The largest absolute Gasteiger partial charge is 0.315 e. The van der Waals surface area contributed by atoms with E-state index in [4.69, 9.17) is 16.9 Å². The van der Waals surface area contributed by atoms with Gasteiger partial charge in [0.1, 0.15) is 11.1 Å². The van der Waals surface area contributed by atoms with Gasteiger partial charge in [-0.2, -0.15) is 5.26 Å². The molecule has 0 aromatic carbocycles. The number of aromatic nitrogens is 2. The van der Waals surface area contributed by atoms with E-state index in [1.54, 1.807) is 12.3 Å². The van der Waals surface area contributed by atoms with Gasteiger partial charge < -0.3 is 5.32 Å². The van der Waals surface area contributed by atoms with Crippen LogP contribution in [0.25, 0.3) is 0 Å². The fourth-order valence-corrected chi connectivity index (χ4v) is 2.53. The molecular formula is C13H13ClN4S. The second kappa shape index (κ2) is 5.16. The molecule has 2 aromatic rings. The second-order valence-corrected chi connectivity index (χ2v) is 6.28. The summed E-state index contributed by atoms with van der Waals surface area (Å²) < 4.78 is 0. The molecule has 0 radical (unpaired) electrons. The van der Waals surface area contributed by atoms with Crippen molar-refractivity contribution < 1.29 is 0 Å². The summed E-state index contributed by atoms with van der Waals surface area (Å²) in [6, 6.07) is 3.60. The lowest BCUT2D eigenvalue weighted by Crippen LogP contribution is -2.11. The van der Waals surface area contributed by atoms with E-state index in [-0.39, 0.29) is 5.41 Å². The van der Waals surface area contributed by atoms with Gasteiger partial charge in [-0.1, -0.05) is 32.4 Å². The number of halogens is 1. The summed E-state index contributed by atoms with van der Waals surface area (Å²) in [5.41, 5.74) is 1.40. The molecule has 4 nitrogen and oxygen atoms in total. The van der Waals surface area contributed by atoms with Crippen LogP contribution in [0.4, 0.5) is 10.9 Å². The highest BCUT2D eigenvalue weighted by Crippen LogP contribution is 2.30. The third-order valence-electron chi connectivity index (χ3n) is 2.51. The predicted molar refractivity (Wildman–Crippen MR) is 78.1 cm³/mol. The highest BCUT2D eigenvalue weighted by Gasteiger charge is 2.18. The second-order valence-electron chi connectivity index (χ2n) is 5.05. The molecule has 2 aromatic heterocycles. The van der Waals surface area contributed by atoms with Gasteiger partial charge in [-0.25, -0.2) is 9.97 Å². The van der Waals surface area contributed by atoms with Crippen molar-refractivity contribution in [2.75, 3.05) is 5.32 Å². The van der Waals surface area contributed by atoms with Crippen molar-refractivity contribution >= 4 is 33.9 Å². The molecule has 0 unspecified atom stereocenters. The Balaban J connectivity index is 2.28. The molecule has 0 saturated carbocycles. The van der Waals surface area contributed by atoms with E-state index in [1.165, 1.54) is 11.3 Å². The molecule has 0 aliphatic carbocycles. The maximum absolute atomic E-state index is 8.92. The number of hydrogen-bond donors (Lipinski definition) is 1. The Bertz CT molecular complexity index is 637. The van der Waals surface area contributed by atoms with Crippen LogP contribution in [0.1, 0.15) is 32.0 Å². The molecule has 0 bridgehead atoms. The number of anilines is 2. The molecule has 2 heterocycles. The zero-order valence-corrected chi connectivity index (χ0v) is 12.4. The Morgan fingerprint density at radius 1 is 1.42 bits per heavy atom. The van der Waals surface area contributed by atoms with Crippen molar-refractivity contribution in [1.82, 2.24) is 9.97 Å². The monoisotopic (exact) mass is 292 g/mol. The Kier molecular flexibility index (Phi) is 3.74. The van der Waals surface area contributed by atoms with Crippen molar-refractivity contribution in [3.63, 3.8) is 0 Å². The van der Waals surface area contributed by atoms with E-state index >= 15 is 0 Å². The Labute approximate surface area is 121 Å². The highest BCUT2D eigenvalue weighted by molar-refractivity contribution is 7.13. The molecule has 0 saturated heterocycles. The molecule has 6 heteroatoms. The number of nitrogens with one attached hydrogen (secondary N) is 1. The lowest BCUT2D eigenvalue weighted by Gasteiger charge is -2.14. The molecule has 1 N–H and O–H groups in total. The van der Waals surface area contributed by atoms with Crippen LogP contribution in [0.3, 0.4) is 0 Å². The topological polar surface area (TPSA) is 61.6 Å². The van der Waals surface area contributed by atoms with E-state index in [2.05, 4.69) is 36.1 Å². The van der Waals surface area contributed by atoms with Gasteiger partial charge in [-0.05, 0) is 6.07 Å². The molecule has 0 fully saturated rings. The van der Waals surface area contributed by atoms with Gasteiger partial charge in [-0.3, -0.25) is 0 Å². The smallest absolute Gasteiger partial charge is 0.188 e. The van der Waals surface area contributed by atoms with Crippen LogP contribution < -0.4 is 5.32 Å². The number of nitrogens with zero attached hydrogens (tertiary/aromatic N) is 3. The number of hydrogen-bond acceptors (Lipinski definition) is 5.